The zero-order valence-corrected chi connectivity index (χ0v) is 49.6. The van der Waals surface area contributed by atoms with Gasteiger partial charge >= 0.3 is 0 Å². The Morgan fingerprint density at radius 2 is 0.382 bits per heavy atom. The van der Waals surface area contributed by atoms with Gasteiger partial charge in [0.1, 0.15) is 6.54 Å². The Morgan fingerprint density at radius 1 is 0.206 bits per heavy atom. The molecule has 68 heavy (non-hydrogen) atoms. The van der Waals surface area contributed by atoms with Gasteiger partial charge in [-0.15, -0.1) is 0 Å². The molecule has 0 aliphatic carbocycles. The van der Waals surface area contributed by atoms with Crippen molar-refractivity contribution in [3.63, 3.8) is 0 Å². The average molecular weight is 1020 g/mol. The summed E-state index contributed by atoms with van der Waals surface area (Å²) >= 11 is 0. The van der Waals surface area contributed by atoms with Crippen molar-refractivity contribution >= 4 is 0 Å². The first-order valence-corrected chi connectivity index (χ1v) is 31.8. The third kappa shape index (κ3) is 39.2. The number of pyridine rings is 1. The van der Waals surface area contributed by atoms with E-state index >= 15 is 0 Å². The molecule has 1 heterocycles. The highest BCUT2D eigenvalue weighted by atomic mass is 79.9. The van der Waals surface area contributed by atoms with E-state index in [0.29, 0.717) is 0 Å². The molecule has 2 nitrogen and oxygen atoms in total. The van der Waals surface area contributed by atoms with Gasteiger partial charge in [-0.3, -0.25) is 0 Å². The van der Waals surface area contributed by atoms with E-state index in [0.717, 1.165) is 0 Å². The largest absolute Gasteiger partial charge is 1.00 e. The van der Waals surface area contributed by atoms with E-state index in [4.69, 9.17) is 0 Å². The lowest BCUT2D eigenvalue weighted by Crippen LogP contribution is -3.00. The minimum absolute atomic E-state index is 0. The van der Waals surface area contributed by atoms with E-state index < -0.39 is 0 Å². The first-order chi connectivity index (χ1) is 32.7. The Morgan fingerprint density at radius 3 is 0.618 bits per heavy atom. The van der Waals surface area contributed by atoms with Crippen LogP contribution in [0, 0.1) is 0 Å². The Labute approximate surface area is 441 Å². The summed E-state index contributed by atoms with van der Waals surface area (Å²) in [6.45, 7) is 15.5. The minimum Gasteiger partial charge on any atom is -1.00 e. The molecule has 0 fully saturated rings. The van der Waals surface area contributed by atoms with E-state index in [2.05, 4.69) is 46.1 Å². The second-order valence-corrected chi connectivity index (χ2v) is 22.1. The van der Waals surface area contributed by atoms with Gasteiger partial charge in [-0.25, -0.2) is 0 Å². The van der Waals surface area contributed by atoms with Gasteiger partial charge in [0.15, 0.2) is 11.4 Å². The molecule has 0 aromatic carbocycles. The summed E-state index contributed by atoms with van der Waals surface area (Å²) in [5.41, 5.74) is 9.44. The fraction of sp³-hybridized carbons (Fsp3) is 0.923. The zero-order chi connectivity index (χ0) is 47.6. The van der Waals surface area contributed by atoms with Crippen molar-refractivity contribution in [3.8, 4) is 0 Å². The Hall–Kier alpha value is -0.410. The molecule has 0 aliphatic heterocycles. The molecule has 1 aromatic rings. The molecule has 0 bridgehead atoms. The van der Waals surface area contributed by atoms with Gasteiger partial charge < -0.3 is 22.5 Å². The van der Waals surface area contributed by atoms with Crippen LogP contribution in [0.5, 0.6) is 0 Å². The van der Waals surface area contributed by atoms with E-state index in [1.54, 1.807) is 0 Å². The van der Waals surface area contributed by atoms with Crippen molar-refractivity contribution in [2.24, 2.45) is 0 Å². The number of hydrogen-bond acceptors (Lipinski definition) is 0. The molecule has 0 saturated carbocycles. The van der Waals surface area contributed by atoms with Crippen LogP contribution in [0.1, 0.15) is 378 Å². The topological polar surface area (TPSA) is 35.4 Å². The molecular formula is C65H128BrNO. The maximum absolute atomic E-state index is 3.12. The molecule has 0 spiro atoms. The van der Waals surface area contributed by atoms with Crippen molar-refractivity contribution in [2.45, 2.75) is 388 Å². The lowest BCUT2D eigenvalue weighted by molar-refractivity contribution is -0.712. The molecule has 1 rings (SSSR count). The Kier molecular flexibility index (Phi) is 57.3. The van der Waals surface area contributed by atoms with Crippen LogP contribution in [0.25, 0.3) is 0 Å². The first-order valence-electron chi connectivity index (χ1n) is 31.8. The van der Waals surface area contributed by atoms with Crippen LogP contribution >= 0.6 is 0 Å². The van der Waals surface area contributed by atoms with Gasteiger partial charge in [-0.1, -0.05) is 305 Å². The number of nitrogens with zero attached hydrogens (tertiary/aromatic N) is 1. The fourth-order valence-corrected chi connectivity index (χ4v) is 11.3. The predicted octanol–water partition coefficient (Wildman–Crippen LogP) is 18.7. The highest BCUT2D eigenvalue weighted by molar-refractivity contribution is 5.39. The van der Waals surface area contributed by atoms with Gasteiger partial charge in [0.05, 0.1) is 0 Å². The van der Waals surface area contributed by atoms with E-state index in [1.807, 2.05) is 28.1 Å². The van der Waals surface area contributed by atoms with Crippen LogP contribution in [0.2, 0.25) is 0 Å². The third-order valence-corrected chi connectivity index (χ3v) is 15.7. The number of aromatic nitrogens is 1. The second kappa shape index (κ2) is 55.9. The summed E-state index contributed by atoms with van der Waals surface area (Å²) in [6, 6.07) is 0. The van der Waals surface area contributed by atoms with Crippen molar-refractivity contribution < 1.29 is 27.0 Å². The number of halogens is 1. The molecule has 0 aliphatic rings. The highest BCUT2D eigenvalue weighted by Gasteiger charge is 2.29. The number of hydrogen-bond donors (Lipinski definition) is 0. The molecular weight excluding hydrogens is 891 g/mol. The van der Waals surface area contributed by atoms with Gasteiger partial charge in [0.2, 0.25) is 0 Å². The highest BCUT2D eigenvalue weighted by Crippen LogP contribution is 2.30. The lowest BCUT2D eigenvalue weighted by Gasteiger charge is -2.23. The van der Waals surface area contributed by atoms with Crippen LogP contribution < -0.4 is 21.5 Å². The monoisotopic (exact) mass is 1020 g/mol. The van der Waals surface area contributed by atoms with Gasteiger partial charge in [-0.2, -0.15) is 4.57 Å². The maximum atomic E-state index is 3.12. The number of rotatable bonds is 54. The fourth-order valence-electron chi connectivity index (χ4n) is 11.3. The predicted molar refractivity (Wildman–Crippen MR) is 304 cm³/mol. The van der Waals surface area contributed by atoms with Crippen LogP contribution in [0.3, 0.4) is 0 Å². The molecule has 3 heteroatoms. The SMILES string of the molecule is CCCCCCCCCCc1c(CCCCCCCCCC)c(CCCCCCCCCC)[n+](CCCCCCCCCC)c(CCCCCCCCCC)c1CCCCCCCCCC.O.[Br-]. The molecule has 0 unspecified atom stereocenters. The molecule has 0 atom stereocenters. The summed E-state index contributed by atoms with van der Waals surface area (Å²) in [7, 11) is 0. The number of unbranched alkanes of at least 4 members (excludes halogenated alkanes) is 42. The maximum Gasteiger partial charge on any atom is 0.185 e. The van der Waals surface area contributed by atoms with Crippen LogP contribution in [0.4, 0.5) is 0 Å². The Bertz CT molecular complexity index is 887. The minimum atomic E-state index is 0. The molecule has 1 aromatic heterocycles. The lowest BCUT2D eigenvalue weighted by atomic mass is 9.85. The van der Waals surface area contributed by atoms with E-state index in [-0.39, 0.29) is 22.5 Å². The van der Waals surface area contributed by atoms with Crippen LogP contribution in [0.15, 0.2) is 0 Å². The van der Waals surface area contributed by atoms with Crippen LogP contribution in [-0.2, 0) is 38.6 Å². The standard InChI is InChI=1S/C65H126N.BrH.H2O/c1-7-13-19-25-31-37-43-49-55-61-62(56-50-44-38-32-26-20-14-8-2)64(58-52-46-40-34-28-22-16-10-4)66(60-54-48-42-36-30-24-18-12-6)65(59-53-47-41-35-29-23-17-11-5)63(61)57-51-45-39-33-27-21-15-9-3;;/h7-60H2,1-6H3;1H;1H2/q+1;;/p-1. The second-order valence-electron chi connectivity index (χ2n) is 22.1. The summed E-state index contributed by atoms with van der Waals surface area (Å²) in [5.74, 6) is 0. The summed E-state index contributed by atoms with van der Waals surface area (Å²) < 4.78 is 3.12. The summed E-state index contributed by atoms with van der Waals surface area (Å²) in [6.07, 6.45) is 75.3. The average Bonchev–Trinajstić information content (AvgIpc) is 3.32. The van der Waals surface area contributed by atoms with Crippen molar-refractivity contribution in [1.29, 1.82) is 0 Å². The van der Waals surface area contributed by atoms with Gasteiger partial charge in [0.25, 0.3) is 0 Å². The molecule has 2 N–H and O–H groups in total. The zero-order valence-electron chi connectivity index (χ0n) is 48.0. The van der Waals surface area contributed by atoms with Crippen molar-refractivity contribution in [3.05, 3.63) is 28.1 Å². The quantitative estimate of drug-likeness (QED) is 0.0461. The van der Waals surface area contributed by atoms with Crippen molar-refractivity contribution in [2.75, 3.05) is 0 Å². The molecule has 406 valence electrons. The Balaban J connectivity index is 0. The summed E-state index contributed by atoms with van der Waals surface area (Å²) in [5, 5.41) is 0. The normalized spacial score (nSPS) is 11.4. The van der Waals surface area contributed by atoms with E-state index in [1.165, 1.54) is 347 Å². The third-order valence-electron chi connectivity index (χ3n) is 15.7. The smallest absolute Gasteiger partial charge is 0.185 e. The van der Waals surface area contributed by atoms with Gasteiger partial charge in [-0.05, 0) is 63.4 Å². The van der Waals surface area contributed by atoms with Crippen molar-refractivity contribution in [1.82, 2.24) is 0 Å². The summed E-state index contributed by atoms with van der Waals surface area (Å²) in [4.78, 5) is 0. The van der Waals surface area contributed by atoms with Crippen LogP contribution in [-0.4, -0.2) is 5.48 Å². The van der Waals surface area contributed by atoms with E-state index in [9.17, 15) is 0 Å². The molecule has 0 saturated heterocycles. The first kappa shape index (κ1) is 69.7. The molecule has 0 amide bonds. The van der Waals surface area contributed by atoms with Gasteiger partial charge in [0, 0.05) is 30.4 Å². The molecule has 0 radical (unpaired) electrons.